The van der Waals surface area contributed by atoms with E-state index < -0.39 is 15.9 Å². The van der Waals surface area contributed by atoms with Crippen LogP contribution in [0.15, 0.2) is 28.6 Å². The second-order valence-electron chi connectivity index (χ2n) is 6.25. The van der Waals surface area contributed by atoms with Crippen molar-refractivity contribution in [1.29, 1.82) is 0 Å². The van der Waals surface area contributed by atoms with Crippen molar-refractivity contribution in [3.05, 3.63) is 29.8 Å². The fourth-order valence-corrected chi connectivity index (χ4v) is 4.95. The number of aromatic nitrogens is 2. The lowest BCUT2D eigenvalue weighted by molar-refractivity contribution is -0.114. The molecule has 1 heterocycles. The maximum Gasteiger partial charge on any atom is 0.246 e. The van der Waals surface area contributed by atoms with Crippen molar-refractivity contribution in [3.8, 4) is 0 Å². The van der Waals surface area contributed by atoms with Crippen molar-refractivity contribution < 1.29 is 13.2 Å². The molecule has 0 radical (unpaired) electrons. The molecule has 148 valence electrons. The normalized spacial score (nSPS) is 11.6. The number of benzene rings is 1. The number of hydrogen-bond acceptors (Lipinski definition) is 7. The second kappa shape index (κ2) is 9.52. The molecular formula is C17H24N4O3S3. The van der Waals surface area contributed by atoms with Gasteiger partial charge in [0.2, 0.25) is 21.1 Å². The SMILES string of the molecule is CCCSc1nnc(NC(=O)CN(c2ccccc2C(C)C)S(C)(=O)=O)s1. The minimum atomic E-state index is -3.63. The smallest absolute Gasteiger partial charge is 0.246 e. The van der Waals surface area contributed by atoms with Crippen LogP contribution >= 0.6 is 23.1 Å². The highest BCUT2D eigenvalue weighted by molar-refractivity contribution is 8.01. The first kappa shape index (κ1) is 21.6. The molecule has 0 atom stereocenters. The molecular weight excluding hydrogens is 404 g/mol. The highest BCUT2D eigenvalue weighted by Crippen LogP contribution is 2.29. The molecule has 0 aliphatic carbocycles. The van der Waals surface area contributed by atoms with E-state index in [9.17, 15) is 13.2 Å². The summed E-state index contributed by atoms with van der Waals surface area (Å²) in [5, 5.41) is 11.0. The average Bonchev–Trinajstić information content (AvgIpc) is 3.04. The Kier molecular flexibility index (Phi) is 7.63. The zero-order chi connectivity index (χ0) is 20.0. The van der Waals surface area contributed by atoms with E-state index >= 15 is 0 Å². The molecule has 0 aliphatic heterocycles. The van der Waals surface area contributed by atoms with E-state index in [2.05, 4.69) is 22.4 Å². The summed E-state index contributed by atoms with van der Waals surface area (Å²) in [6, 6.07) is 7.21. The molecule has 2 aromatic rings. The fraction of sp³-hybridized carbons (Fsp3) is 0.471. The Morgan fingerprint density at radius 3 is 2.63 bits per heavy atom. The van der Waals surface area contributed by atoms with E-state index in [1.807, 2.05) is 26.0 Å². The third kappa shape index (κ3) is 6.18. The van der Waals surface area contributed by atoms with Crippen LogP contribution in [-0.2, 0) is 14.8 Å². The van der Waals surface area contributed by atoms with Gasteiger partial charge in [-0.15, -0.1) is 10.2 Å². The number of sulfonamides is 1. The van der Waals surface area contributed by atoms with Crippen molar-refractivity contribution in [1.82, 2.24) is 10.2 Å². The van der Waals surface area contributed by atoms with Crippen LogP contribution in [0.1, 0.15) is 38.7 Å². The van der Waals surface area contributed by atoms with Gasteiger partial charge >= 0.3 is 0 Å². The van der Waals surface area contributed by atoms with Gasteiger partial charge in [0.05, 0.1) is 11.9 Å². The number of amides is 1. The van der Waals surface area contributed by atoms with E-state index in [4.69, 9.17) is 0 Å². The first-order valence-electron chi connectivity index (χ1n) is 8.55. The van der Waals surface area contributed by atoms with Crippen LogP contribution in [0.25, 0.3) is 0 Å². The molecule has 1 aromatic heterocycles. The topological polar surface area (TPSA) is 92.3 Å². The maximum absolute atomic E-state index is 12.5. The fourth-order valence-electron chi connectivity index (χ4n) is 2.38. The predicted molar refractivity (Wildman–Crippen MR) is 112 cm³/mol. The van der Waals surface area contributed by atoms with Gasteiger partial charge in [-0.3, -0.25) is 14.4 Å². The summed E-state index contributed by atoms with van der Waals surface area (Å²) in [6.07, 6.45) is 2.12. The third-order valence-corrected chi connectivity index (χ3v) is 6.90. The van der Waals surface area contributed by atoms with E-state index in [1.165, 1.54) is 11.3 Å². The van der Waals surface area contributed by atoms with Crippen LogP contribution in [0.3, 0.4) is 0 Å². The van der Waals surface area contributed by atoms with E-state index in [-0.39, 0.29) is 12.5 Å². The lowest BCUT2D eigenvalue weighted by Gasteiger charge is -2.25. The van der Waals surface area contributed by atoms with Crippen LogP contribution < -0.4 is 9.62 Å². The molecule has 1 aromatic carbocycles. The second-order valence-corrected chi connectivity index (χ2v) is 10.5. The summed E-state index contributed by atoms with van der Waals surface area (Å²) in [5.74, 6) is 0.591. The number of carbonyl (C=O) groups is 1. The molecule has 2 rings (SSSR count). The van der Waals surface area contributed by atoms with Crippen LogP contribution in [0.2, 0.25) is 0 Å². The van der Waals surface area contributed by atoms with Gasteiger partial charge in [-0.1, -0.05) is 62.1 Å². The number of nitrogens with one attached hydrogen (secondary N) is 1. The van der Waals surface area contributed by atoms with Gasteiger partial charge < -0.3 is 0 Å². The number of thioether (sulfide) groups is 1. The summed E-state index contributed by atoms with van der Waals surface area (Å²) in [4.78, 5) is 12.5. The van der Waals surface area contributed by atoms with Crippen LogP contribution in [0, 0.1) is 0 Å². The largest absolute Gasteiger partial charge is 0.299 e. The van der Waals surface area contributed by atoms with Crippen LogP contribution in [0.5, 0.6) is 0 Å². The molecule has 27 heavy (non-hydrogen) atoms. The van der Waals surface area contributed by atoms with Crippen molar-refractivity contribution in [2.45, 2.75) is 37.4 Å². The Labute approximate surface area is 168 Å². The van der Waals surface area contributed by atoms with E-state index in [1.54, 1.807) is 23.9 Å². The Bertz CT molecular complexity index is 881. The van der Waals surface area contributed by atoms with Crippen molar-refractivity contribution in [2.75, 3.05) is 28.2 Å². The molecule has 0 aliphatic rings. The number of carbonyl (C=O) groups excluding carboxylic acids is 1. The average molecular weight is 429 g/mol. The summed E-state index contributed by atoms with van der Waals surface area (Å²) in [7, 11) is -3.63. The minimum absolute atomic E-state index is 0.120. The zero-order valence-electron chi connectivity index (χ0n) is 15.8. The standard InChI is InChI=1S/C17H24N4O3S3/c1-5-10-25-17-20-19-16(26-17)18-15(22)11-21(27(4,23)24)14-9-7-6-8-13(14)12(2)3/h6-9,12H,5,10-11H2,1-4H3,(H,18,19,22). The number of nitrogens with zero attached hydrogens (tertiary/aromatic N) is 3. The molecule has 0 unspecified atom stereocenters. The molecule has 0 saturated heterocycles. The number of rotatable bonds is 9. The zero-order valence-corrected chi connectivity index (χ0v) is 18.2. The van der Waals surface area contributed by atoms with Crippen LogP contribution in [0.4, 0.5) is 10.8 Å². The molecule has 7 nitrogen and oxygen atoms in total. The van der Waals surface area contributed by atoms with Gasteiger partial charge in [-0.05, 0) is 24.0 Å². The molecule has 0 fully saturated rings. The number of anilines is 2. The van der Waals surface area contributed by atoms with Gasteiger partial charge in [-0.2, -0.15) is 0 Å². The molecule has 0 spiro atoms. The number of hydrogen-bond donors (Lipinski definition) is 1. The minimum Gasteiger partial charge on any atom is -0.299 e. The first-order chi connectivity index (χ1) is 12.7. The Hall–Kier alpha value is -1.65. The molecule has 1 amide bonds. The summed E-state index contributed by atoms with van der Waals surface area (Å²) in [6.45, 7) is 5.72. The Balaban J connectivity index is 2.18. The van der Waals surface area contributed by atoms with Gasteiger partial charge in [0, 0.05) is 5.75 Å². The first-order valence-corrected chi connectivity index (χ1v) is 12.2. The molecule has 1 N–H and O–H groups in total. The third-order valence-electron chi connectivity index (χ3n) is 3.60. The Morgan fingerprint density at radius 1 is 1.30 bits per heavy atom. The maximum atomic E-state index is 12.5. The van der Waals surface area contributed by atoms with Crippen molar-refractivity contribution in [2.24, 2.45) is 0 Å². The van der Waals surface area contributed by atoms with E-state index in [0.717, 1.165) is 32.6 Å². The predicted octanol–water partition coefficient (Wildman–Crippen LogP) is 3.57. The number of para-hydroxylation sites is 1. The highest BCUT2D eigenvalue weighted by atomic mass is 32.2. The summed E-state index contributed by atoms with van der Waals surface area (Å²) >= 11 is 2.86. The lowest BCUT2D eigenvalue weighted by Crippen LogP contribution is -2.38. The van der Waals surface area contributed by atoms with Gasteiger partial charge in [0.1, 0.15) is 6.54 Å². The summed E-state index contributed by atoms with van der Waals surface area (Å²) in [5.41, 5.74) is 1.38. The Morgan fingerprint density at radius 2 is 2.00 bits per heavy atom. The molecule has 0 saturated carbocycles. The molecule has 0 bridgehead atoms. The van der Waals surface area contributed by atoms with Gasteiger partial charge in [0.15, 0.2) is 4.34 Å². The van der Waals surface area contributed by atoms with E-state index in [0.29, 0.717) is 10.8 Å². The summed E-state index contributed by atoms with van der Waals surface area (Å²) < 4.78 is 26.6. The monoisotopic (exact) mass is 428 g/mol. The molecule has 10 heteroatoms. The lowest BCUT2D eigenvalue weighted by atomic mass is 10.0. The van der Waals surface area contributed by atoms with Crippen LogP contribution in [-0.4, -0.2) is 43.1 Å². The highest BCUT2D eigenvalue weighted by Gasteiger charge is 2.24. The van der Waals surface area contributed by atoms with Gasteiger partial charge in [0.25, 0.3) is 0 Å². The van der Waals surface area contributed by atoms with Crippen molar-refractivity contribution in [3.63, 3.8) is 0 Å². The van der Waals surface area contributed by atoms with Crippen molar-refractivity contribution >= 4 is 49.8 Å². The quantitative estimate of drug-likeness (QED) is 0.485. The van der Waals surface area contributed by atoms with Gasteiger partial charge in [-0.25, -0.2) is 8.42 Å².